The highest BCUT2D eigenvalue weighted by molar-refractivity contribution is 5.96. The van der Waals surface area contributed by atoms with E-state index in [1.165, 1.54) is 6.33 Å². The lowest BCUT2D eigenvalue weighted by molar-refractivity contribution is -0.126. The first-order valence-corrected chi connectivity index (χ1v) is 7.29. The van der Waals surface area contributed by atoms with Gasteiger partial charge in [-0.2, -0.15) is 0 Å². The fraction of sp³-hybridized carbons (Fsp3) is 0.500. The van der Waals surface area contributed by atoms with Gasteiger partial charge in [0.15, 0.2) is 0 Å². The van der Waals surface area contributed by atoms with Crippen molar-refractivity contribution < 1.29 is 9.53 Å². The SMILES string of the molecule is COc1ccc(NC(=O)C2(n3cnnn3)CCCCC2)cn1. The van der Waals surface area contributed by atoms with Crippen LogP contribution in [0.25, 0.3) is 0 Å². The number of tetrazole rings is 1. The normalized spacial score (nSPS) is 17.0. The van der Waals surface area contributed by atoms with Gasteiger partial charge in [-0.3, -0.25) is 4.79 Å². The predicted octanol–water partition coefficient (Wildman–Crippen LogP) is 1.37. The van der Waals surface area contributed by atoms with Gasteiger partial charge in [0.2, 0.25) is 5.88 Å². The van der Waals surface area contributed by atoms with Gasteiger partial charge in [-0.1, -0.05) is 19.3 Å². The number of nitrogens with one attached hydrogen (secondary N) is 1. The first-order valence-electron chi connectivity index (χ1n) is 7.29. The second kappa shape index (κ2) is 6.08. The Morgan fingerprint density at radius 3 is 2.73 bits per heavy atom. The summed E-state index contributed by atoms with van der Waals surface area (Å²) in [4.78, 5) is 17.0. The van der Waals surface area contributed by atoms with Crippen molar-refractivity contribution in [3.05, 3.63) is 24.7 Å². The average Bonchev–Trinajstić information content (AvgIpc) is 3.11. The molecule has 3 rings (SSSR count). The van der Waals surface area contributed by atoms with Gasteiger partial charge in [-0.25, -0.2) is 9.67 Å². The number of aromatic nitrogens is 5. The third-order valence-electron chi connectivity index (χ3n) is 4.09. The van der Waals surface area contributed by atoms with E-state index in [9.17, 15) is 4.79 Å². The Labute approximate surface area is 127 Å². The van der Waals surface area contributed by atoms with Gasteiger partial charge < -0.3 is 10.1 Å². The molecule has 22 heavy (non-hydrogen) atoms. The number of rotatable bonds is 4. The lowest BCUT2D eigenvalue weighted by atomic mass is 9.81. The summed E-state index contributed by atoms with van der Waals surface area (Å²) in [6.07, 6.45) is 7.63. The number of pyridine rings is 1. The highest BCUT2D eigenvalue weighted by atomic mass is 16.5. The fourth-order valence-corrected chi connectivity index (χ4v) is 2.88. The molecule has 2 heterocycles. The van der Waals surface area contributed by atoms with Gasteiger partial charge >= 0.3 is 0 Å². The van der Waals surface area contributed by atoms with Crippen LogP contribution in [0.1, 0.15) is 32.1 Å². The fourth-order valence-electron chi connectivity index (χ4n) is 2.88. The van der Waals surface area contributed by atoms with Crippen LogP contribution in [0.3, 0.4) is 0 Å². The number of nitrogens with zero attached hydrogens (tertiary/aromatic N) is 5. The lowest BCUT2D eigenvalue weighted by Gasteiger charge is -2.35. The molecule has 1 aliphatic carbocycles. The molecule has 116 valence electrons. The Bertz CT molecular complexity index is 619. The van der Waals surface area contributed by atoms with Crippen molar-refractivity contribution in [1.29, 1.82) is 0 Å². The van der Waals surface area contributed by atoms with Crippen LogP contribution in [0.2, 0.25) is 0 Å². The van der Waals surface area contributed by atoms with Crippen LogP contribution in [0.5, 0.6) is 5.88 Å². The molecule has 0 saturated heterocycles. The second-order valence-electron chi connectivity index (χ2n) is 5.39. The Morgan fingerprint density at radius 2 is 2.14 bits per heavy atom. The molecule has 1 N–H and O–H groups in total. The summed E-state index contributed by atoms with van der Waals surface area (Å²) in [5.41, 5.74) is -0.0920. The number of amides is 1. The topological polar surface area (TPSA) is 94.8 Å². The van der Waals surface area contributed by atoms with Crippen LogP contribution in [0, 0.1) is 0 Å². The Hall–Kier alpha value is -2.51. The van der Waals surface area contributed by atoms with Crippen molar-refractivity contribution in [2.45, 2.75) is 37.6 Å². The smallest absolute Gasteiger partial charge is 0.252 e. The van der Waals surface area contributed by atoms with Crippen molar-refractivity contribution in [3.8, 4) is 5.88 Å². The molecule has 2 aromatic rings. The summed E-state index contributed by atoms with van der Waals surface area (Å²) >= 11 is 0. The molecule has 8 nitrogen and oxygen atoms in total. The Balaban J connectivity index is 1.83. The van der Waals surface area contributed by atoms with Gasteiger partial charge in [0, 0.05) is 6.07 Å². The standard InChI is InChI=1S/C14H18N6O2/c1-22-12-6-5-11(9-15-12)17-13(21)14(7-3-2-4-8-14)20-10-16-18-19-20/h5-6,9-10H,2-4,7-8H2,1H3,(H,17,21). The van der Waals surface area contributed by atoms with E-state index in [-0.39, 0.29) is 5.91 Å². The molecule has 1 fully saturated rings. The molecule has 2 aromatic heterocycles. The highest BCUT2D eigenvalue weighted by Gasteiger charge is 2.42. The first-order chi connectivity index (χ1) is 10.7. The molecule has 1 aliphatic rings. The van der Waals surface area contributed by atoms with Crippen LogP contribution >= 0.6 is 0 Å². The van der Waals surface area contributed by atoms with E-state index in [2.05, 4.69) is 25.8 Å². The number of methoxy groups -OCH3 is 1. The quantitative estimate of drug-likeness (QED) is 0.916. The summed E-state index contributed by atoms with van der Waals surface area (Å²) in [6, 6.07) is 3.47. The second-order valence-corrected chi connectivity index (χ2v) is 5.39. The molecule has 1 saturated carbocycles. The van der Waals surface area contributed by atoms with Crippen molar-refractivity contribution >= 4 is 11.6 Å². The number of hydrogen-bond donors (Lipinski definition) is 1. The van der Waals surface area contributed by atoms with Crippen LogP contribution in [0.4, 0.5) is 5.69 Å². The van der Waals surface area contributed by atoms with Gasteiger partial charge in [-0.05, 0) is 29.3 Å². The van der Waals surface area contributed by atoms with Crippen molar-refractivity contribution in [2.75, 3.05) is 12.4 Å². The number of ether oxygens (including phenoxy) is 1. The van der Waals surface area contributed by atoms with Gasteiger partial charge in [-0.15, -0.1) is 5.10 Å². The minimum atomic E-state index is -0.721. The molecular formula is C14H18N6O2. The average molecular weight is 302 g/mol. The maximum absolute atomic E-state index is 12.9. The third-order valence-corrected chi connectivity index (χ3v) is 4.09. The van der Waals surface area contributed by atoms with E-state index in [4.69, 9.17) is 4.74 Å². The zero-order valence-corrected chi connectivity index (χ0v) is 12.4. The number of anilines is 1. The molecule has 0 bridgehead atoms. The van der Waals surface area contributed by atoms with E-state index in [0.29, 0.717) is 11.6 Å². The molecule has 8 heteroatoms. The Morgan fingerprint density at radius 1 is 1.32 bits per heavy atom. The largest absolute Gasteiger partial charge is 0.481 e. The molecule has 0 spiro atoms. The molecule has 1 amide bonds. The van der Waals surface area contributed by atoms with E-state index in [1.807, 2.05) is 0 Å². The predicted molar refractivity (Wildman–Crippen MR) is 78.3 cm³/mol. The van der Waals surface area contributed by atoms with Crippen molar-refractivity contribution in [2.24, 2.45) is 0 Å². The molecular weight excluding hydrogens is 284 g/mol. The van der Waals surface area contributed by atoms with Crippen LogP contribution in [-0.2, 0) is 10.3 Å². The zero-order chi connectivity index (χ0) is 15.4. The summed E-state index contributed by atoms with van der Waals surface area (Å²) in [7, 11) is 1.55. The van der Waals surface area contributed by atoms with Crippen LogP contribution in [-0.4, -0.2) is 38.2 Å². The number of carbonyl (C=O) groups is 1. The minimum absolute atomic E-state index is 0.105. The molecule has 0 aliphatic heterocycles. The van der Waals surface area contributed by atoms with E-state index in [0.717, 1.165) is 32.1 Å². The monoisotopic (exact) mass is 302 g/mol. The van der Waals surface area contributed by atoms with E-state index < -0.39 is 5.54 Å². The van der Waals surface area contributed by atoms with Gasteiger partial charge in [0.1, 0.15) is 11.9 Å². The maximum atomic E-state index is 12.9. The van der Waals surface area contributed by atoms with E-state index in [1.54, 1.807) is 30.1 Å². The van der Waals surface area contributed by atoms with Gasteiger partial charge in [0.25, 0.3) is 5.91 Å². The van der Waals surface area contributed by atoms with Crippen LogP contribution < -0.4 is 10.1 Å². The summed E-state index contributed by atoms with van der Waals surface area (Å²) < 4.78 is 6.60. The Kier molecular flexibility index (Phi) is 3.99. The number of hydrogen-bond acceptors (Lipinski definition) is 6. The zero-order valence-electron chi connectivity index (χ0n) is 12.4. The van der Waals surface area contributed by atoms with E-state index >= 15 is 0 Å². The highest BCUT2D eigenvalue weighted by Crippen LogP contribution is 2.35. The summed E-state index contributed by atoms with van der Waals surface area (Å²) in [5.74, 6) is 0.400. The van der Waals surface area contributed by atoms with Crippen molar-refractivity contribution in [3.63, 3.8) is 0 Å². The first kappa shape index (κ1) is 14.4. The van der Waals surface area contributed by atoms with Crippen molar-refractivity contribution in [1.82, 2.24) is 25.2 Å². The molecule has 0 unspecified atom stereocenters. The third kappa shape index (κ3) is 2.63. The summed E-state index contributed by atoms with van der Waals surface area (Å²) in [6.45, 7) is 0. The van der Waals surface area contributed by atoms with Crippen LogP contribution in [0.15, 0.2) is 24.7 Å². The molecule has 0 aromatic carbocycles. The summed E-state index contributed by atoms with van der Waals surface area (Å²) in [5, 5.41) is 14.2. The minimum Gasteiger partial charge on any atom is -0.481 e. The molecule has 0 radical (unpaired) electrons. The number of carbonyl (C=O) groups excluding carboxylic acids is 1. The van der Waals surface area contributed by atoms with Gasteiger partial charge in [0.05, 0.1) is 19.0 Å². The maximum Gasteiger partial charge on any atom is 0.252 e. The lowest BCUT2D eigenvalue weighted by Crippen LogP contribution is -2.47. The molecule has 0 atom stereocenters.